The van der Waals surface area contributed by atoms with Crippen LogP contribution in [0.15, 0.2) is 34.0 Å². The van der Waals surface area contributed by atoms with E-state index in [4.69, 9.17) is 0 Å². The molecule has 1 aromatic carbocycles. The first kappa shape index (κ1) is 18.0. The molecule has 0 aliphatic heterocycles. The Morgan fingerprint density at radius 3 is 2.50 bits per heavy atom. The Morgan fingerprint density at radius 2 is 1.96 bits per heavy atom. The third-order valence-electron chi connectivity index (χ3n) is 3.85. The quantitative estimate of drug-likeness (QED) is 0.723. The van der Waals surface area contributed by atoms with E-state index in [-0.39, 0.29) is 22.0 Å². The second-order valence-electron chi connectivity index (χ2n) is 5.84. The van der Waals surface area contributed by atoms with E-state index in [0.29, 0.717) is 10.3 Å². The third-order valence-corrected chi connectivity index (χ3v) is 4.57. The smallest absolute Gasteiger partial charge is 0.307 e. The van der Waals surface area contributed by atoms with Gasteiger partial charge in [-0.15, -0.1) is 0 Å². The van der Waals surface area contributed by atoms with Gasteiger partial charge in [0.25, 0.3) is 12.0 Å². The topological polar surface area (TPSA) is 107 Å². The van der Waals surface area contributed by atoms with Crippen molar-refractivity contribution in [3.63, 3.8) is 0 Å². The first-order valence-corrected chi connectivity index (χ1v) is 9.39. The van der Waals surface area contributed by atoms with Gasteiger partial charge in [0, 0.05) is 30.6 Å². The molecule has 0 spiro atoms. The summed E-state index contributed by atoms with van der Waals surface area (Å²) in [6.45, 7) is 0. The van der Waals surface area contributed by atoms with Crippen LogP contribution >= 0.6 is 0 Å². The van der Waals surface area contributed by atoms with Crippen LogP contribution in [0.1, 0.15) is 12.0 Å². The summed E-state index contributed by atoms with van der Waals surface area (Å²) in [5.41, 5.74) is -1.91. The molecule has 0 fully saturated rings. The third kappa shape index (κ3) is 3.17. The van der Waals surface area contributed by atoms with Crippen molar-refractivity contribution in [1.82, 2.24) is 19.3 Å². The van der Waals surface area contributed by atoms with Gasteiger partial charge >= 0.3 is 5.69 Å². The number of halogens is 2. The second kappa shape index (κ2) is 6.16. The first-order chi connectivity index (χ1) is 12.1. The summed E-state index contributed by atoms with van der Waals surface area (Å²) >= 11 is 0. The lowest BCUT2D eigenvalue weighted by molar-refractivity contribution is 0.152. The number of aryl methyl sites for hydroxylation is 1. The van der Waals surface area contributed by atoms with Crippen LogP contribution in [-0.4, -0.2) is 34.0 Å². The zero-order valence-corrected chi connectivity index (χ0v) is 14.5. The molecule has 0 unspecified atom stereocenters. The molecular weight excluding hydrogens is 370 g/mol. The molecule has 0 aliphatic carbocycles. The average Bonchev–Trinajstić information content (AvgIpc) is 2.95. The fourth-order valence-corrected chi connectivity index (χ4v) is 3.41. The van der Waals surface area contributed by atoms with Crippen LogP contribution in [-0.2, 0) is 22.8 Å². The minimum Gasteiger partial charge on any atom is -0.307 e. The summed E-state index contributed by atoms with van der Waals surface area (Å²) in [6, 6.07) is 3.74. The Labute approximate surface area is 145 Å². The van der Waals surface area contributed by atoms with Gasteiger partial charge in [-0.3, -0.25) is 9.48 Å². The van der Waals surface area contributed by atoms with Gasteiger partial charge in [-0.2, -0.15) is 5.10 Å². The number of nitrogens with zero attached hydrogens (tertiary/aromatic N) is 3. The molecule has 1 N–H and O–H groups in total. The number of benzene rings is 1. The van der Waals surface area contributed by atoms with Crippen molar-refractivity contribution in [3.05, 3.63) is 50.8 Å². The molecule has 0 amide bonds. The van der Waals surface area contributed by atoms with Crippen LogP contribution in [0.25, 0.3) is 22.2 Å². The highest BCUT2D eigenvalue weighted by Crippen LogP contribution is 2.32. The predicted octanol–water partition coefficient (Wildman–Crippen LogP) is 1.03. The number of sulfone groups is 1. The Morgan fingerprint density at radius 1 is 1.27 bits per heavy atom. The highest BCUT2D eigenvalue weighted by Gasteiger charge is 2.20. The molecule has 0 radical (unpaired) electrons. The van der Waals surface area contributed by atoms with Crippen molar-refractivity contribution in [1.29, 1.82) is 0 Å². The summed E-state index contributed by atoms with van der Waals surface area (Å²) in [6.07, 6.45) is -0.556. The summed E-state index contributed by atoms with van der Waals surface area (Å²) in [7, 11) is -2.10. The second-order valence-corrected chi connectivity index (χ2v) is 7.95. The Kier molecular flexibility index (Phi) is 4.26. The summed E-state index contributed by atoms with van der Waals surface area (Å²) in [5, 5.41) is 3.85. The van der Waals surface area contributed by atoms with Gasteiger partial charge in [-0.1, -0.05) is 0 Å². The van der Waals surface area contributed by atoms with Crippen LogP contribution in [0.3, 0.4) is 0 Å². The molecule has 8 nitrogen and oxygen atoms in total. The maximum Gasteiger partial charge on any atom is 0.329 e. The molecule has 0 saturated heterocycles. The van der Waals surface area contributed by atoms with E-state index in [9.17, 15) is 26.8 Å². The molecule has 0 aliphatic rings. The van der Waals surface area contributed by atoms with Gasteiger partial charge < -0.3 is 4.98 Å². The number of hydrogen-bond donors (Lipinski definition) is 1. The molecule has 26 heavy (non-hydrogen) atoms. The lowest BCUT2D eigenvalue weighted by Crippen LogP contribution is -2.37. The molecule has 11 heteroatoms. The zero-order valence-electron chi connectivity index (χ0n) is 13.7. The number of rotatable bonds is 4. The van der Waals surface area contributed by atoms with Gasteiger partial charge in [-0.05, 0) is 18.2 Å². The first-order valence-electron chi connectivity index (χ1n) is 7.33. The van der Waals surface area contributed by atoms with Gasteiger partial charge in [-0.25, -0.2) is 26.6 Å². The standard InChI is InChI=1S/C15H14F2N4O4S/c1-20-12(3-4-18-20)8-5-10-11(6-9(8)13(16)17)19-15(23)21(14(10)22)7-26(2,24)25/h3-6,13H,7H2,1-2H3,(H,19,23). The van der Waals surface area contributed by atoms with E-state index in [2.05, 4.69) is 10.1 Å². The van der Waals surface area contributed by atoms with Gasteiger partial charge in [0.15, 0.2) is 9.84 Å². The number of aromatic amines is 1. The van der Waals surface area contributed by atoms with Crippen molar-refractivity contribution >= 4 is 20.7 Å². The molecule has 2 aromatic heterocycles. The van der Waals surface area contributed by atoms with E-state index >= 15 is 0 Å². The molecule has 0 saturated carbocycles. The zero-order chi connectivity index (χ0) is 19.2. The minimum atomic E-state index is -3.66. The maximum absolute atomic E-state index is 13.5. The van der Waals surface area contributed by atoms with Crippen molar-refractivity contribution < 1.29 is 17.2 Å². The summed E-state index contributed by atoms with van der Waals surface area (Å²) < 4.78 is 51.8. The monoisotopic (exact) mass is 384 g/mol. The minimum absolute atomic E-state index is 0.0718. The van der Waals surface area contributed by atoms with Gasteiger partial charge in [0.05, 0.1) is 16.6 Å². The molecule has 0 atom stereocenters. The Bertz CT molecular complexity index is 1220. The average molecular weight is 384 g/mol. The number of alkyl halides is 2. The van der Waals surface area contributed by atoms with Gasteiger partial charge in [0.2, 0.25) is 0 Å². The van der Waals surface area contributed by atoms with Crippen molar-refractivity contribution in [3.8, 4) is 11.3 Å². The lowest BCUT2D eigenvalue weighted by atomic mass is 10.0. The largest absolute Gasteiger partial charge is 0.329 e. The highest BCUT2D eigenvalue weighted by atomic mass is 32.2. The summed E-state index contributed by atoms with van der Waals surface area (Å²) in [5.74, 6) is -0.811. The Balaban J connectivity index is 2.39. The molecule has 3 aromatic rings. The van der Waals surface area contributed by atoms with Crippen LogP contribution in [0.4, 0.5) is 8.78 Å². The van der Waals surface area contributed by atoms with E-state index in [1.54, 1.807) is 7.05 Å². The molecule has 0 bridgehead atoms. The van der Waals surface area contributed by atoms with Crippen LogP contribution in [0, 0.1) is 0 Å². The van der Waals surface area contributed by atoms with Crippen LogP contribution < -0.4 is 11.2 Å². The predicted molar refractivity (Wildman–Crippen MR) is 90.8 cm³/mol. The number of hydrogen-bond acceptors (Lipinski definition) is 5. The normalized spacial score (nSPS) is 12.2. The van der Waals surface area contributed by atoms with Crippen LogP contribution in [0.2, 0.25) is 0 Å². The molecule has 138 valence electrons. The van der Waals surface area contributed by atoms with Crippen LogP contribution in [0.5, 0.6) is 0 Å². The van der Waals surface area contributed by atoms with Crippen molar-refractivity contribution in [2.45, 2.75) is 12.3 Å². The van der Waals surface area contributed by atoms with Gasteiger partial charge in [0.1, 0.15) is 5.88 Å². The SMILES string of the molecule is Cn1nccc1-c1cc2c(=O)n(CS(C)(=O)=O)c(=O)[nH]c2cc1C(F)F. The molecule has 2 heterocycles. The van der Waals surface area contributed by atoms with E-state index in [1.807, 2.05) is 0 Å². The van der Waals surface area contributed by atoms with E-state index in [0.717, 1.165) is 12.3 Å². The molecule has 3 rings (SSSR count). The van der Waals surface area contributed by atoms with Crippen molar-refractivity contribution in [2.75, 3.05) is 6.26 Å². The number of aromatic nitrogens is 4. The van der Waals surface area contributed by atoms with E-state index < -0.39 is 33.4 Å². The van der Waals surface area contributed by atoms with Crippen molar-refractivity contribution in [2.24, 2.45) is 7.05 Å². The fraction of sp³-hybridized carbons (Fsp3) is 0.267. The maximum atomic E-state index is 13.5. The lowest BCUT2D eigenvalue weighted by Gasteiger charge is -2.12. The highest BCUT2D eigenvalue weighted by molar-refractivity contribution is 7.89. The Hall–Kier alpha value is -2.82. The molecular formula is C15H14F2N4O4S. The fourth-order valence-electron chi connectivity index (χ4n) is 2.71. The summed E-state index contributed by atoms with van der Waals surface area (Å²) in [4.78, 5) is 26.9. The number of fused-ring (bicyclic) bond motifs is 1. The van der Waals surface area contributed by atoms with E-state index in [1.165, 1.54) is 23.0 Å². The number of H-pyrrole nitrogens is 1. The number of nitrogens with one attached hydrogen (secondary N) is 1.